The van der Waals surface area contributed by atoms with Gasteiger partial charge in [0.25, 0.3) is 0 Å². The molecule has 2 aromatic rings. The fourth-order valence-electron chi connectivity index (χ4n) is 2.56. The van der Waals surface area contributed by atoms with E-state index in [-0.39, 0.29) is 16.2 Å². The second-order valence-corrected chi connectivity index (χ2v) is 7.62. The standard InChI is InChI=1S/C17H14FNO4S/c1-17(2)9-11-4-3-5-15(16(11)22-17)23-24(20,21)13-6-7-14(18)12(8-13)10-19/h3-8H,9H2,1-2H3. The van der Waals surface area contributed by atoms with Gasteiger partial charge in [-0.05, 0) is 38.1 Å². The minimum absolute atomic E-state index is 0.0703. The molecule has 2 aromatic carbocycles. The van der Waals surface area contributed by atoms with Gasteiger partial charge in [0.15, 0.2) is 11.5 Å². The third-order valence-electron chi connectivity index (χ3n) is 3.60. The van der Waals surface area contributed by atoms with Crippen LogP contribution < -0.4 is 8.92 Å². The molecule has 0 bridgehead atoms. The van der Waals surface area contributed by atoms with Crippen molar-refractivity contribution in [2.24, 2.45) is 0 Å². The topological polar surface area (TPSA) is 76.4 Å². The van der Waals surface area contributed by atoms with Gasteiger partial charge < -0.3 is 8.92 Å². The Bertz CT molecular complexity index is 961. The molecule has 0 aromatic heterocycles. The third-order valence-corrected chi connectivity index (χ3v) is 4.83. The van der Waals surface area contributed by atoms with Crippen LogP contribution >= 0.6 is 0 Å². The minimum Gasteiger partial charge on any atom is -0.483 e. The Hall–Kier alpha value is -2.59. The Labute approximate surface area is 139 Å². The molecular weight excluding hydrogens is 333 g/mol. The summed E-state index contributed by atoms with van der Waals surface area (Å²) >= 11 is 0. The van der Waals surface area contributed by atoms with Gasteiger partial charge in [-0.2, -0.15) is 13.7 Å². The van der Waals surface area contributed by atoms with Crippen LogP contribution in [0.3, 0.4) is 0 Å². The molecule has 3 rings (SSSR count). The van der Waals surface area contributed by atoms with Crippen molar-refractivity contribution in [3.05, 3.63) is 53.3 Å². The maximum Gasteiger partial charge on any atom is 0.339 e. The van der Waals surface area contributed by atoms with Crippen LogP contribution in [0, 0.1) is 17.1 Å². The molecule has 7 heteroatoms. The lowest BCUT2D eigenvalue weighted by Gasteiger charge is -2.18. The summed E-state index contributed by atoms with van der Waals surface area (Å²) in [5.74, 6) is -0.336. The molecule has 0 saturated carbocycles. The monoisotopic (exact) mass is 347 g/mol. The smallest absolute Gasteiger partial charge is 0.339 e. The average molecular weight is 347 g/mol. The summed E-state index contributed by atoms with van der Waals surface area (Å²) in [4.78, 5) is -0.296. The molecule has 0 unspecified atom stereocenters. The highest BCUT2D eigenvalue weighted by molar-refractivity contribution is 7.87. The number of para-hydroxylation sites is 1. The maximum atomic E-state index is 13.4. The number of hydrogen-bond acceptors (Lipinski definition) is 5. The SMILES string of the molecule is CC1(C)Cc2cccc(OS(=O)(=O)c3ccc(F)c(C#N)c3)c2O1. The molecule has 0 spiro atoms. The summed E-state index contributed by atoms with van der Waals surface area (Å²) in [6.07, 6.45) is 0.634. The molecule has 1 aliphatic heterocycles. The Morgan fingerprint density at radius 1 is 1.29 bits per heavy atom. The van der Waals surface area contributed by atoms with Gasteiger partial charge in [-0.1, -0.05) is 12.1 Å². The van der Waals surface area contributed by atoms with Crippen LogP contribution in [0.15, 0.2) is 41.3 Å². The first kappa shape index (κ1) is 16.3. The lowest BCUT2D eigenvalue weighted by atomic mass is 10.0. The van der Waals surface area contributed by atoms with Crippen molar-refractivity contribution in [1.29, 1.82) is 5.26 Å². The highest BCUT2D eigenvalue weighted by atomic mass is 32.2. The highest BCUT2D eigenvalue weighted by Gasteiger charge is 2.33. The predicted octanol–water partition coefficient (Wildman–Crippen LogP) is 3.18. The van der Waals surface area contributed by atoms with E-state index in [9.17, 15) is 12.8 Å². The summed E-state index contributed by atoms with van der Waals surface area (Å²) in [6.45, 7) is 3.79. The molecule has 1 aliphatic rings. The zero-order chi connectivity index (χ0) is 17.5. The lowest BCUT2D eigenvalue weighted by molar-refractivity contribution is 0.136. The zero-order valence-corrected chi connectivity index (χ0v) is 13.9. The summed E-state index contributed by atoms with van der Waals surface area (Å²) in [7, 11) is -4.22. The van der Waals surface area contributed by atoms with Crippen LogP contribution in [0.1, 0.15) is 25.0 Å². The van der Waals surface area contributed by atoms with Gasteiger partial charge in [0, 0.05) is 12.0 Å². The second kappa shape index (κ2) is 5.49. The Balaban J connectivity index is 1.98. The van der Waals surface area contributed by atoms with E-state index in [0.717, 1.165) is 23.8 Å². The molecule has 0 fully saturated rings. The third kappa shape index (κ3) is 2.93. The van der Waals surface area contributed by atoms with Gasteiger partial charge in [0.05, 0.1) is 5.56 Å². The molecule has 1 heterocycles. The summed E-state index contributed by atoms with van der Waals surface area (Å²) in [5, 5.41) is 8.84. The van der Waals surface area contributed by atoms with E-state index in [1.165, 1.54) is 6.07 Å². The summed E-state index contributed by atoms with van der Waals surface area (Å²) in [5.41, 5.74) is 0.0370. The van der Waals surface area contributed by atoms with Crippen molar-refractivity contribution in [1.82, 2.24) is 0 Å². The van der Waals surface area contributed by atoms with Crippen LogP contribution in [0.4, 0.5) is 4.39 Å². The molecule has 0 atom stereocenters. The van der Waals surface area contributed by atoms with Crippen LogP contribution in [-0.4, -0.2) is 14.0 Å². The van der Waals surface area contributed by atoms with Crippen LogP contribution in [0.25, 0.3) is 0 Å². The molecule has 0 radical (unpaired) electrons. The number of benzene rings is 2. The number of rotatable bonds is 3. The highest BCUT2D eigenvalue weighted by Crippen LogP contribution is 2.42. The van der Waals surface area contributed by atoms with E-state index >= 15 is 0 Å². The van der Waals surface area contributed by atoms with Crippen LogP contribution in [-0.2, 0) is 16.5 Å². The zero-order valence-electron chi connectivity index (χ0n) is 13.0. The summed E-state index contributed by atoms with van der Waals surface area (Å²) < 4.78 is 49.2. The lowest BCUT2D eigenvalue weighted by Crippen LogP contribution is -2.24. The second-order valence-electron chi connectivity index (χ2n) is 6.07. The molecule has 0 aliphatic carbocycles. The molecule has 0 amide bonds. The van der Waals surface area contributed by atoms with Gasteiger partial charge in [-0.25, -0.2) is 4.39 Å². The first-order valence-corrected chi connectivity index (χ1v) is 8.58. The fourth-order valence-corrected chi connectivity index (χ4v) is 3.53. The molecule has 0 saturated heterocycles. The number of hydrogen-bond donors (Lipinski definition) is 0. The van der Waals surface area contributed by atoms with Crippen molar-refractivity contribution in [3.8, 4) is 17.6 Å². The van der Waals surface area contributed by atoms with E-state index in [1.54, 1.807) is 12.1 Å². The quantitative estimate of drug-likeness (QED) is 0.797. The van der Waals surface area contributed by atoms with Crippen molar-refractivity contribution >= 4 is 10.1 Å². The normalized spacial score (nSPS) is 15.2. The Morgan fingerprint density at radius 3 is 2.75 bits per heavy atom. The maximum absolute atomic E-state index is 13.4. The fraction of sp³-hybridized carbons (Fsp3) is 0.235. The molecular formula is C17H14FNO4S. The summed E-state index contributed by atoms with van der Waals surface area (Å²) in [6, 6.07) is 9.54. The molecule has 5 nitrogen and oxygen atoms in total. The minimum atomic E-state index is -4.22. The van der Waals surface area contributed by atoms with E-state index < -0.39 is 21.5 Å². The molecule has 124 valence electrons. The largest absolute Gasteiger partial charge is 0.483 e. The van der Waals surface area contributed by atoms with Crippen molar-refractivity contribution in [2.75, 3.05) is 0 Å². The number of halogens is 1. The van der Waals surface area contributed by atoms with Gasteiger partial charge in [-0.3, -0.25) is 0 Å². The van der Waals surface area contributed by atoms with E-state index in [2.05, 4.69) is 0 Å². The number of nitrogens with zero attached hydrogens (tertiary/aromatic N) is 1. The van der Waals surface area contributed by atoms with Crippen molar-refractivity contribution in [3.63, 3.8) is 0 Å². The van der Waals surface area contributed by atoms with Gasteiger partial charge in [0.2, 0.25) is 0 Å². The van der Waals surface area contributed by atoms with E-state index in [0.29, 0.717) is 12.2 Å². The first-order valence-electron chi connectivity index (χ1n) is 7.17. The van der Waals surface area contributed by atoms with Crippen molar-refractivity contribution in [2.45, 2.75) is 30.8 Å². The first-order chi connectivity index (χ1) is 11.2. The Morgan fingerprint density at radius 2 is 2.04 bits per heavy atom. The van der Waals surface area contributed by atoms with Gasteiger partial charge >= 0.3 is 10.1 Å². The van der Waals surface area contributed by atoms with E-state index in [4.69, 9.17) is 14.2 Å². The van der Waals surface area contributed by atoms with Gasteiger partial charge in [-0.15, -0.1) is 0 Å². The van der Waals surface area contributed by atoms with Crippen molar-refractivity contribution < 1.29 is 21.7 Å². The number of nitriles is 1. The predicted molar refractivity (Wildman–Crippen MR) is 83.8 cm³/mol. The van der Waals surface area contributed by atoms with Gasteiger partial charge in [0.1, 0.15) is 22.4 Å². The molecule has 24 heavy (non-hydrogen) atoms. The molecule has 0 N–H and O–H groups in total. The number of fused-ring (bicyclic) bond motifs is 1. The Kier molecular flexibility index (Phi) is 3.73. The number of ether oxygens (including phenoxy) is 1. The average Bonchev–Trinajstić information content (AvgIpc) is 2.82. The van der Waals surface area contributed by atoms with Crippen LogP contribution in [0.2, 0.25) is 0 Å². The van der Waals surface area contributed by atoms with Crippen LogP contribution in [0.5, 0.6) is 11.5 Å². The van der Waals surface area contributed by atoms with E-state index in [1.807, 2.05) is 19.9 Å².